The zero-order valence-electron chi connectivity index (χ0n) is 5.30. The molecule has 0 aromatic carbocycles. The van der Waals surface area contributed by atoms with Gasteiger partial charge in [-0.1, -0.05) is 0 Å². The van der Waals surface area contributed by atoms with Gasteiger partial charge in [0, 0.05) is 5.56 Å². The van der Waals surface area contributed by atoms with Gasteiger partial charge in [0.1, 0.15) is 6.61 Å². The second kappa shape index (κ2) is 3.80. The fraction of sp³-hybridized carbons (Fsp3) is 0.167. The Kier molecular flexibility index (Phi) is 3.24. The third kappa shape index (κ3) is 2.11. The highest BCUT2D eigenvalue weighted by molar-refractivity contribution is 9.12. The first-order chi connectivity index (χ1) is 5.15. The Morgan fingerprint density at radius 1 is 1.64 bits per heavy atom. The molecule has 0 saturated carbocycles. The van der Waals surface area contributed by atoms with Gasteiger partial charge in [-0.25, -0.2) is 0 Å². The Balaban J connectivity index is 3.03. The lowest BCUT2D eigenvalue weighted by molar-refractivity contribution is 0.0903. The van der Waals surface area contributed by atoms with E-state index in [0.29, 0.717) is 5.56 Å². The van der Waals surface area contributed by atoms with Crippen LogP contribution in [0.2, 0.25) is 0 Å². The van der Waals surface area contributed by atoms with Gasteiger partial charge in [0.15, 0.2) is 5.78 Å². The summed E-state index contributed by atoms with van der Waals surface area (Å²) in [5, 5.41) is 8.54. The molecule has 0 atom stereocenters. The molecule has 0 fully saturated rings. The molecule has 0 spiro atoms. The Bertz CT molecular complexity index is 282. The molecule has 5 heteroatoms. The lowest BCUT2D eigenvalue weighted by Gasteiger charge is -1.90. The van der Waals surface area contributed by atoms with E-state index < -0.39 is 6.61 Å². The molecule has 60 valence electrons. The Labute approximate surface area is 84.5 Å². The molecule has 1 heterocycles. The first-order valence-electron chi connectivity index (χ1n) is 2.74. The zero-order chi connectivity index (χ0) is 8.43. The van der Waals surface area contributed by atoms with E-state index in [0.717, 1.165) is 7.57 Å². The Hall–Kier alpha value is 0.290. The third-order valence-electron chi connectivity index (χ3n) is 1.10. The van der Waals surface area contributed by atoms with Gasteiger partial charge in [-0.3, -0.25) is 4.79 Å². The van der Waals surface area contributed by atoms with Crippen LogP contribution < -0.4 is 0 Å². The van der Waals surface area contributed by atoms with Gasteiger partial charge in [-0.15, -0.1) is 11.3 Å². The molecule has 0 radical (unpaired) electrons. The van der Waals surface area contributed by atoms with E-state index in [9.17, 15) is 4.79 Å². The molecule has 2 nitrogen and oxygen atoms in total. The van der Waals surface area contributed by atoms with Crippen LogP contribution in [0.15, 0.2) is 13.6 Å². The first kappa shape index (κ1) is 9.38. The number of Topliss-reactive ketones (excluding diaryl/α,β-unsaturated/α-hetero) is 1. The van der Waals surface area contributed by atoms with Gasteiger partial charge < -0.3 is 5.11 Å². The van der Waals surface area contributed by atoms with Crippen LogP contribution in [-0.2, 0) is 0 Å². The number of carbonyl (C=O) groups excluding carboxylic acids is 1. The molecule has 0 aliphatic heterocycles. The number of rotatable bonds is 2. The number of halogens is 2. The number of hydrogen-bond donors (Lipinski definition) is 1. The van der Waals surface area contributed by atoms with Crippen LogP contribution in [0.1, 0.15) is 10.4 Å². The Morgan fingerprint density at radius 3 is 2.64 bits per heavy atom. The minimum atomic E-state index is -0.443. The van der Waals surface area contributed by atoms with Crippen LogP contribution in [0.25, 0.3) is 0 Å². The van der Waals surface area contributed by atoms with Crippen molar-refractivity contribution in [3.63, 3.8) is 0 Å². The minimum Gasteiger partial charge on any atom is -0.388 e. The van der Waals surface area contributed by atoms with Gasteiger partial charge in [0.25, 0.3) is 0 Å². The number of aliphatic hydroxyl groups excluding tert-OH is 1. The normalized spacial score (nSPS) is 10.1. The van der Waals surface area contributed by atoms with Crippen LogP contribution >= 0.6 is 43.2 Å². The van der Waals surface area contributed by atoms with E-state index in [4.69, 9.17) is 5.11 Å². The van der Waals surface area contributed by atoms with E-state index in [1.165, 1.54) is 11.3 Å². The van der Waals surface area contributed by atoms with E-state index >= 15 is 0 Å². The summed E-state index contributed by atoms with van der Waals surface area (Å²) in [5.74, 6) is -0.265. The lowest BCUT2D eigenvalue weighted by Crippen LogP contribution is -2.02. The van der Waals surface area contributed by atoms with E-state index in [1.807, 2.05) is 0 Å². The molecule has 0 amide bonds. The predicted octanol–water partition coefficient (Wildman–Crippen LogP) is 2.45. The quantitative estimate of drug-likeness (QED) is 0.852. The minimum absolute atomic E-state index is 0.265. The van der Waals surface area contributed by atoms with Gasteiger partial charge in [0.05, 0.1) is 7.57 Å². The smallest absolute Gasteiger partial charge is 0.190 e. The maximum absolute atomic E-state index is 11.0. The monoisotopic (exact) mass is 298 g/mol. The second-order valence-electron chi connectivity index (χ2n) is 1.82. The van der Waals surface area contributed by atoms with Crippen molar-refractivity contribution in [2.75, 3.05) is 6.61 Å². The van der Waals surface area contributed by atoms with Gasteiger partial charge in [-0.05, 0) is 37.9 Å². The average molecular weight is 300 g/mol. The predicted molar refractivity (Wildman–Crippen MR) is 51.1 cm³/mol. The fourth-order valence-corrected chi connectivity index (χ4v) is 3.47. The summed E-state index contributed by atoms with van der Waals surface area (Å²) in [6.45, 7) is -0.443. The average Bonchev–Trinajstić information content (AvgIpc) is 2.28. The van der Waals surface area contributed by atoms with E-state index in [-0.39, 0.29) is 5.78 Å². The lowest BCUT2D eigenvalue weighted by atomic mass is 10.2. The summed E-state index contributed by atoms with van der Waals surface area (Å²) < 4.78 is 1.63. The molecule has 0 saturated heterocycles. The van der Waals surface area contributed by atoms with Crippen molar-refractivity contribution in [3.8, 4) is 0 Å². The molecule has 1 aromatic rings. The standard InChI is InChI=1S/C6H4Br2O2S/c7-5-1-3(4(10)2-9)6(8)11-5/h1,9H,2H2. The van der Waals surface area contributed by atoms with Crippen molar-refractivity contribution < 1.29 is 9.90 Å². The number of ketones is 1. The molecule has 1 aromatic heterocycles. The molecule has 0 bridgehead atoms. The maximum atomic E-state index is 11.0. The first-order valence-corrected chi connectivity index (χ1v) is 5.14. The van der Waals surface area contributed by atoms with Gasteiger partial charge in [0.2, 0.25) is 0 Å². The number of hydrogen-bond acceptors (Lipinski definition) is 3. The summed E-state index contributed by atoms with van der Waals surface area (Å²) in [7, 11) is 0. The summed E-state index contributed by atoms with van der Waals surface area (Å²) in [5.41, 5.74) is 0.532. The number of thiophene rings is 1. The number of carbonyl (C=O) groups is 1. The topological polar surface area (TPSA) is 37.3 Å². The van der Waals surface area contributed by atoms with Crippen molar-refractivity contribution in [1.82, 2.24) is 0 Å². The van der Waals surface area contributed by atoms with Crippen molar-refractivity contribution >= 4 is 49.0 Å². The fourth-order valence-electron chi connectivity index (χ4n) is 0.616. The van der Waals surface area contributed by atoms with Gasteiger partial charge >= 0.3 is 0 Å². The highest BCUT2D eigenvalue weighted by Gasteiger charge is 2.11. The Morgan fingerprint density at radius 2 is 2.27 bits per heavy atom. The maximum Gasteiger partial charge on any atom is 0.190 e. The molecule has 11 heavy (non-hydrogen) atoms. The van der Waals surface area contributed by atoms with Crippen molar-refractivity contribution in [2.24, 2.45) is 0 Å². The van der Waals surface area contributed by atoms with Crippen LogP contribution in [-0.4, -0.2) is 17.5 Å². The van der Waals surface area contributed by atoms with E-state index in [1.54, 1.807) is 6.07 Å². The van der Waals surface area contributed by atoms with Crippen LogP contribution in [0.4, 0.5) is 0 Å². The van der Waals surface area contributed by atoms with Crippen LogP contribution in [0.5, 0.6) is 0 Å². The molecular formula is C6H4Br2O2S. The third-order valence-corrected chi connectivity index (χ3v) is 3.44. The van der Waals surface area contributed by atoms with Crippen molar-refractivity contribution in [3.05, 3.63) is 19.2 Å². The molecular weight excluding hydrogens is 296 g/mol. The highest BCUT2D eigenvalue weighted by atomic mass is 79.9. The molecule has 1 N–H and O–H groups in total. The summed E-state index contributed by atoms with van der Waals surface area (Å²) in [4.78, 5) is 11.0. The SMILES string of the molecule is O=C(CO)c1cc(Br)sc1Br. The van der Waals surface area contributed by atoms with Crippen LogP contribution in [0.3, 0.4) is 0 Å². The summed E-state index contributed by atoms with van der Waals surface area (Å²) in [6, 6.07) is 1.69. The molecule has 0 aliphatic rings. The molecule has 0 unspecified atom stereocenters. The van der Waals surface area contributed by atoms with Crippen LogP contribution in [0, 0.1) is 0 Å². The van der Waals surface area contributed by atoms with E-state index in [2.05, 4.69) is 31.9 Å². The summed E-state index contributed by atoms with van der Waals surface area (Å²) in [6.07, 6.45) is 0. The van der Waals surface area contributed by atoms with Crippen molar-refractivity contribution in [2.45, 2.75) is 0 Å². The second-order valence-corrected chi connectivity index (χ2v) is 5.57. The molecule has 0 aliphatic carbocycles. The largest absolute Gasteiger partial charge is 0.388 e. The molecule has 1 rings (SSSR count). The van der Waals surface area contributed by atoms with Crippen molar-refractivity contribution in [1.29, 1.82) is 0 Å². The zero-order valence-corrected chi connectivity index (χ0v) is 9.29. The van der Waals surface area contributed by atoms with Gasteiger partial charge in [-0.2, -0.15) is 0 Å². The summed E-state index contributed by atoms with van der Waals surface area (Å²) >= 11 is 7.86. The number of aliphatic hydroxyl groups is 1. The highest BCUT2D eigenvalue weighted by Crippen LogP contribution is 2.31.